The first-order chi connectivity index (χ1) is 11.7. The van der Waals surface area contributed by atoms with Crippen LogP contribution < -0.4 is 0 Å². The number of thioether (sulfide) groups is 1. The second-order valence-corrected chi connectivity index (χ2v) is 18.1. The lowest BCUT2D eigenvalue weighted by Gasteiger charge is -2.33. The normalized spacial score (nSPS) is 12.7. The van der Waals surface area contributed by atoms with Gasteiger partial charge in [-0.2, -0.15) is 0 Å². The maximum Gasteiger partial charge on any atom is 0.183 e. The van der Waals surface area contributed by atoms with Gasteiger partial charge in [-0.1, -0.05) is 30.3 Å². The third kappa shape index (κ3) is 7.09. The van der Waals surface area contributed by atoms with E-state index in [9.17, 15) is 4.79 Å². The highest BCUT2D eigenvalue weighted by Crippen LogP contribution is 2.27. The first-order valence-corrected chi connectivity index (χ1v) is 16.2. The average Bonchev–Trinajstić information content (AvgIpc) is 2.91. The molecule has 0 saturated heterocycles. The van der Waals surface area contributed by atoms with E-state index in [0.717, 1.165) is 40.5 Å². The number of aromatic amines is 1. The number of para-hydroxylation sites is 2. The van der Waals surface area contributed by atoms with Crippen LogP contribution in [0.25, 0.3) is 11.0 Å². The Balaban J connectivity index is 1.84. The summed E-state index contributed by atoms with van der Waals surface area (Å²) >= 11 is 1.77. The highest BCUT2D eigenvalue weighted by Gasteiger charge is 2.33. The second kappa shape index (κ2) is 8.66. The van der Waals surface area contributed by atoms with Gasteiger partial charge in [0, 0.05) is 11.8 Å². The molecule has 1 aromatic carbocycles. The van der Waals surface area contributed by atoms with Crippen LogP contribution in [-0.2, 0) is 8.91 Å². The summed E-state index contributed by atoms with van der Waals surface area (Å²) < 4.78 is 6.66. The molecule has 0 bridgehead atoms. The van der Waals surface area contributed by atoms with Crippen LogP contribution in [-0.4, -0.2) is 37.8 Å². The minimum atomic E-state index is -1.75. The summed E-state index contributed by atoms with van der Waals surface area (Å²) in [6, 6.07) is 9.26. The van der Waals surface area contributed by atoms with E-state index in [4.69, 9.17) is 4.12 Å². The standard InChI is InChI=1S/C18H30N2O2SSi2/c1-15(21)10-8-9-13-24(2,3)22-25(4,5)14-23-18-19-16-11-6-7-12-17(16)20-18/h6-7,11-12H,8-10,13-14H2,1-5H3,(H,19,20). The van der Waals surface area contributed by atoms with Gasteiger partial charge in [-0.15, -0.1) is 0 Å². The van der Waals surface area contributed by atoms with Gasteiger partial charge in [0.15, 0.2) is 21.8 Å². The van der Waals surface area contributed by atoms with E-state index in [-0.39, 0.29) is 5.78 Å². The molecule has 7 heteroatoms. The van der Waals surface area contributed by atoms with Crippen LogP contribution in [0.2, 0.25) is 32.2 Å². The molecule has 0 spiro atoms. The fourth-order valence-electron chi connectivity index (χ4n) is 2.99. The molecule has 138 valence electrons. The lowest BCUT2D eigenvalue weighted by molar-refractivity contribution is -0.117. The zero-order chi connectivity index (χ0) is 18.5. The van der Waals surface area contributed by atoms with Gasteiger partial charge in [-0.3, -0.25) is 0 Å². The maximum atomic E-state index is 11.1. The molecule has 2 rings (SSSR count). The lowest BCUT2D eigenvalue weighted by Crippen LogP contribution is -2.46. The van der Waals surface area contributed by atoms with E-state index in [1.54, 1.807) is 18.7 Å². The first kappa shape index (κ1) is 20.4. The molecule has 0 amide bonds. The third-order valence-electron chi connectivity index (χ3n) is 4.03. The van der Waals surface area contributed by atoms with E-state index < -0.39 is 16.6 Å². The lowest BCUT2D eigenvalue weighted by atomic mass is 10.2. The highest BCUT2D eigenvalue weighted by atomic mass is 32.2. The molecule has 0 saturated carbocycles. The number of benzene rings is 1. The Bertz CT molecular complexity index is 683. The molecular formula is C18H30N2O2SSi2. The zero-order valence-electron chi connectivity index (χ0n) is 16.0. The van der Waals surface area contributed by atoms with E-state index in [0.29, 0.717) is 6.42 Å². The van der Waals surface area contributed by atoms with Crippen molar-refractivity contribution in [2.75, 3.05) is 5.38 Å². The summed E-state index contributed by atoms with van der Waals surface area (Å²) in [6.45, 7) is 10.9. The molecule has 4 nitrogen and oxygen atoms in total. The Kier molecular flexibility index (Phi) is 7.07. The first-order valence-electron chi connectivity index (χ1n) is 8.94. The molecule has 1 aromatic heterocycles. The van der Waals surface area contributed by atoms with Crippen molar-refractivity contribution < 1.29 is 8.91 Å². The summed E-state index contributed by atoms with van der Waals surface area (Å²) in [6.07, 6.45) is 2.79. The number of aromatic nitrogens is 2. The number of carbonyl (C=O) groups excluding carboxylic acids is 1. The number of carbonyl (C=O) groups is 1. The van der Waals surface area contributed by atoms with Crippen LogP contribution in [0, 0.1) is 0 Å². The minimum absolute atomic E-state index is 0.289. The minimum Gasteiger partial charge on any atom is -0.455 e. The van der Waals surface area contributed by atoms with Gasteiger partial charge in [-0.25, -0.2) is 4.98 Å². The molecule has 0 radical (unpaired) electrons. The molecule has 1 N–H and O–H groups in total. The van der Waals surface area contributed by atoms with Gasteiger partial charge in [0.05, 0.1) is 11.0 Å². The number of fused-ring (bicyclic) bond motifs is 1. The zero-order valence-corrected chi connectivity index (χ0v) is 18.8. The van der Waals surface area contributed by atoms with Gasteiger partial charge < -0.3 is 13.9 Å². The number of ketones is 1. The van der Waals surface area contributed by atoms with E-state index in [2.05, 4.69) is 42.2 Å². The Morgan fingerprint density at radius 1 is 1.16 bits per heavy atom. The van der Waals surface area contributed by atoms with E-state index in [1.807, 2.05) is 18.2 Å². The van der Waals surface area contributed by atoms with Gasteiger partial charge in [-0.05, 0) is 57.7 Å². The molecule has 0 atom stereocenters. The molecule has 0 unspecified atom stereocenters. The molecule has 25 heavy (non-hydrogen) atoms. The van der Waals surface area contributed by atoms with Crippen molar-refractivity contribution in [3.8, 4) is 0 Å². The smallest absolute Gasteiger partial charge is 0.183 e. The molecule has 1 heterocycles. The molecule has 2 aromatic rings. The Labute approximate surface area is 157 Å². The highest BCUT2D eigenvalue weighted by molar-refractivity contribution is 8.00. The van der Waals surface area contributed by atoms with Gasteiger partial charge >= 0.3 is 0 Å². The monoisotopic (exact) mass is 394 g/mol. The van der Waals surface area contributed by atoms with Crippen molar-refractivity contribution in [1.29, 1.82) is 0 Å². The van der Waals surface area contributed by atoms with Gasteiger partial charge in [0.1, 0.15) is 5.78 Å². The van der Waals surface area contributed by atoms with E-state index in [1.165, 1.54) is 0 Å². The molecule has 0 aliphatic rings. The largest absolute Gasteiger partial charge is 0.455 e. The fraction of sp³-hybridized carbons (Fsp3) is 0.556. The number of nitrogens with one attached hydrogen (secondary N) is 1. The molecular weight excluding hydrogens is 364 g/mol. The van der Waals surface area contributed by atoms with Crippen molar-refractivity contribution >= 4 is 45.2 Å². The quantitative estimate of drug-likeness (QED) is 0.334. The van der Waals surface area contributed by atoms with Crippen LogP contribution in [0.3, 0.4) is 0 Å². The van der Waals surface area contributed by atoms with Gasteiger partial charge in [0.2, 0.25) is 0 Å². The number of hydrogen-bond acceptors (Lipinski definition) is 4. The predicted molar refractivity (Wildman–Crippen MR) is 112 cm³/mol. The summed E-state index contributed by atoms with van der Waals surface area (Å²) in [5.74, 6) is 0.289. The number of hydrogen-bond donors (Lipinski definition) is 1. The summed E-state index contributed by atoms with van der Waals surface area (Å²) in [4.78, 5) is 19.1. The van der Waals surface area contributed by atoms with Crippen LogP contribution >= 0.6 is 11.8 Å². The number of H-pyrrole nitrogens is 1. The van der Waals surface area contributed by atoms with Crippen molar-refractivity contribution in [1.82, 2.24) is 9.97 Å². The number of Topliss-reactive ketones (excluding diaryl/α,β-unsaturated/α-hetero) is 1. The Hall–Kier alpha value is -0.896. The number of rotatable bonds is 10. The predicted octanol–water partition coefficient (Wildman–Crippen LogP) is 5.38. The average molecular weight is 395 g/mol. The van der Waals surface area contributed by atoms with Crippen molar-refractivity contribution in [2.45, 2.75) is 63.6 Å². The number of imidazole rings is 1. The number of unbranched alkanes of at least 4 members (excludes halogenated alkanes) is 1. The molecule has 0 aliphatic heterocycles. The van der Waals surface area contributed by atoms with Crippen LogP contribution in [0.4, 0.5) is 0 Å². The number of nitrogens with zero attached hydrogens (tertiary/aromatic N) is 1. The van der Waals surface area contributed by atoms with Crippen LogP contribution in [0.5, 0.6) is 0 Å². The van der Waals surface area contributed by atoms with Crippen LogP contribution in [0.1, 0.15) is 26.2 Å². The second-order valence-electron chi connectivity index (χ2n) is 7.88. The fourth-order valence-corrected chi connectivity index (χ4v) is 13.5. The van der Waals surface area contributed by atoms with Gasteiger partial charge in [0.25, 0.3) is 0 Å². The van der Waals surface area contributed by atoms with Crippen molar-refractivity contribution in [2.24, 2.45) is 0 Å². The summed E-state index contributed by atoms with van der Waals surface area (Å²) in [5.41, 5.74) is 2.11. The Morgan fingerprint density at radius 3 is 2.56 bits per heavy atom. The van der Waals surface area contributed by atoms with Crippen molar-refractivity contribution in [3.05, 3.63) is 24.3 Å². The summed E-state index contributed by atoms with van der Waals surface area (Å²) in [5, 5.41) is 1.97. The SMILES string of the molecule is CC(=O)CCCC[Si](C)(C)O[Si](C)(C)CSc1nc2ccccc2[nH]1. The van der Waals surface area contributed by atoms with Crippen LogP contribution in [0.15, 0.2) is 29.4 Å². The Morgan fingerprint density at radius 2 is 1.88 bits per heavy atom. The molecule has 0 fully saturated rings. The molecule has 0 aliphatic carbocycles. The topological polar surface area (TPSA) is 55.0 Å². The maximum absolute atomic E-state index is 11.1. The third-order valence-corrected chi connectivity index (χ3v) is 13.8. The van der Waals surface area contributed by atoms with E-state index >= 15 is 0 Å². The summed E-state index contributed by atoms with van der Waals surface area (Å²) in [7, 11) is -3.43. The van der Waals surface area contributed by atoms with Crippen molar-refractivity contribution in [3.63, 3.8) is 0 Å².